The van der Waals surface area contributed by atoms with E-state index in [1.807, 2.05) is 20.2 Å². The zero-order chi connectivity index (χ0) is 16.7. The molecule has 0 spiro atoms. The minimum Gasteiger partial charge on any atom is -0.352 e. The van der Waals surface area contributed by atoms with Gasteiger partial charge in [-0.2, -0.15) is 10.4 Å². The third-order valence-corrected chi connectivity index (χ3v) is 5.46. The molecule has 0 N–H and O–H groups in total. The third kappa shape index (κ3) is 2.35. The zero-order valence-corrected chi connectivity index (χ0v) is 14.3. The van der Waals surface area contributed by atoms with Crippen LogP contribution in [-0.4, -0.2) is 32.8 Å². The second-order valence-corrected chi connectivity index (χ2v) is 6.86. The molecule has 124 valence electrons. The summed E-state index contributed by atoms with van der Waals surface area (Å²) in [6.45, 7) is 5.63. The fraction of sp³-hybridized carbons (Fsp3) is 0.556. The van der Waals surface area contributed by atoms with Crippen LogP contribution >= 0.6 is 0 Å². The van der Waals surface area contributed by atoms with E-state index in [0.29, 0.717) is 11.6 Å². The second-order valence-electron chi connectivity index (χ2n) is 6.86. The molecule has 1 fully saturated rings. The molecule has 0 amide bonds. The minimum absolute atomic E-state index is 0.411. The number of hydrogen-bond acceptors (Lipinski definition) is 5. The van der Waals surface area contributed by atoms with Crippen molar-refractivity contribution in [3.8, 4) is 6.07 Å². The maximum Gasteiger partial charge on any atom is 0.169 e. The van der Waals surface area contributed by atoms with Crippen LogP contribution in [0.1, 0.15) is 53.5 Å². The highest BCUT2D eigenvalue weighted by Gasteiger charge is 2.30. The van der Waals surface area contributed by atoms with Crippen molar-refractivity contribution < 1.29 is 0 Å². The molecule has 1 saturated heterocycles. The normalized spacial score (nSPS) is 20.0. The molecule has 0 bridgehead atoms. The van der Waals surface area contributed by atoms with Crippen LogP contribution in [0.3, 0.4) is 0 Å². The molecular formula is C18H22N6. The Bertz CT molecular complexity index is 816. The van der Waals surface area contributed by atoms with Crippen molar-refractivity contribution in [2.75, 3.05) is 18.0 Å². The maximum atomic E-state index is 9.53. The van der Waals surface area contributed by atoms with E-state index in [2.05, 4.69) is 30.7 Å². The van der Waals surface area contributed by atoms with Gasteiger partial charge in [-0.1, -0.05) is 0 Å². The SMILES string of the molecule is Cc1nnc(N2CCC(n3cnc4c3CCCC4)C2)c(C#N)c1C. The average molecular weight is 322 g/mol. The van der Waals surface area contributed by atoms with E-state index in [0.717, 1.165) is 49.4 Å². The molecule has 0 saturated carbocycles. The highest BCUT2D eigenvalue weighted by atomic mass is 15.3. The van der Waals surface area contributed by atoms with Crippen LogP contribution < -0.4 is 4.90 Å². The van der Waals surface area contributed by atoms with Crippen molar-refractivity contribution in [3.05, 3.63) is 34.5 Å². The van der Waals surface area contributed by atoms with Gasteiger partial charge in [-0.3, -0.25) is 0 Å². The van der Waals surface area contributed by atoms with E-state index in [-0.39, 0.29) is 0 Å². The lowest BCUT2D eigenvalue weighted by atomic mass is 10.0. The molecule has 1 unspecified atom stereocenters. The number of nitrogens with zero attached hydrogens (tertiary/aromatic N) is 6. The number of hydrogen-bond donors (Lipinski definition) is 0. The first-order chi connectivity index (χ1) is 11.7. The predicted molar refractivity (Wildman–Crippen MR) is 91.0 cm³/mol. The molecule has 6 heteroatoms. The topological polar surface area (TPSA) is 70.6 Å². The Kier molecular flexibility index (Phi) is 3.72. The summed E-state index contributed by atoms with van der Waals surface area (Å²) in [4.78, 5) is 6.83. The molecule has 4 rings (SSSR count). The highest BCUT2D eigenvalue weighted by Crippen LogP contribution is 2.32. The smallest absolute Gasteiger partial charge is 0.169 e. The van der Waals surface area contributed by atoms with Crippen LogP contribution in [0, 0.1) is 25.2 Å². The van der Waals surface area contributed by atoms with Gasteiger partial charge in [0.1, 0.15) is 11.6 Å². The molecule has 3 heterocycles. The quantitative estimate of drug-likeness (QED) is 0.849. The lowest BCUT2D eigenvalue weighted by Gasteiger charge is -2.21. The van der Waals surface area contributed by atoms with Gasteiger partial charge in [0.2, 0.25) is 0 Å². The first-order valence-electron chi connectivity index (χ1n) is 8.72. The van der Waals surface area contributed by atoms with E-state index in [1.54, 1.807) is 0 Å². The minimum atomic E-state index is 0.411. The van der Waals surface area contributed by atoms with Gasteiger partial charge in [0.05, 0.1) is 23.8 Å². The molecule has 6 nitrogen and oxygen atoms in total. The van der Waals surface area contributed by atoms with E-state index in [1.165, 1.54) is 24.2 Å². The van der Waals surface area contributed by atoms with Gasteiger partial charge in [-0.15, -0.1) is 5.10 Å². The molecule has 2 aromatic rings. The van der Waals surface area contributed by atoms with Crippen LogP contribution in [-0.2, 0) is 12.8 Å². The largest absolute Gasteiger partial charge is 0.352 e. The Labute approximate surface area is 142 Å². The van der Waals surface area contributed by atoms with Gasteiger partial charge in [-0.25, -0.2) is 4.98 Å². The summed E-state index contributed by atoms with van der Waals surface area (Å²) in [6, 6.07) is 2.73. The zero-order valence-electron chi connectivity index (χ0n) is 14.3. The van der Waals surface area contributed by atoms with Gasteiger partial charge in [0, 0.05) is 18.8 Å². The van der Waals surface area contributed by atoms with Crippen molar-refractivity contribution in [3.63, 3.8) is 0 Å². The molecule has 0 radical (unpaired) electrons. The van der Waals surface area contributed by atoms with Crippen LogP contribution in [0.15, 0.2) is 6.33 Å². The van der Waals surface area contributed by atoms with Crippen molar-refractivity contribution in [2.45, 2.75) is 52.0 Å². The van der Waals surface area contributed by atoms with Crippen molar-refractivity contribution in [1.29, 1.82) is 5.26 Å². The first kappa shape index (κ1) is 15.1. The second kappa shape index (κ2) is 5.90. The predicted octanol–water partition coefficient (Wildman–Crippen LogP) is 2.49. The number of imidazole rings is 1. The Morgan fingerprint density at radius 2 is 2.04 bits per heavy atom. The van der Waals surface area contributed by atoms with Crippen molar-refractivity contribution >= 4 is 5.82 Å². The van der Waals surface area contributed by atoms with Gasteiger partial charge in [-0.05, 0) is 51.5 Å². The lowest BCUT2D eigenvalue weighted by molar-refractivity contribution is 0.514. The summed E-state index contributed by atoms with van der Waals surface area (Å²) in [5, 5.41) is 18.1. The van der Waals surface area contributed by atoms with Crippen LogP contribution in [0.5, 0.6) is 0 Å². The summed E-state index contributed by atoms with van der Waals surface area (Å²) in [5.74, 6) is 0.733. The fourth-order valence-electron chi connectivity index (χ4n) is 3.92. The van der Waals surface area contributed by atoms with E-state index in [4.69, 9.17) is 0 Å². The Morgan fingerprint density at radius 1 is 1.21 bits per heavy atom. The molecule has 0 aromatic carbocycles. The highest BCUT2D eigenvalue weighted by molar-refractivity contribution is 5.58. The summed E-state index contributed by atoms with van der Waals surface area (Å²) < 4.78 is 2.37. The Morgan fingerprint density at radius 3 is 2.88 bits per heavy atom. The van der Waals surface area contributed by atoms with Crippen LogP contribution in [0.25, 0.3) is 0 Å². The van der Waals surface area contributed by atoms with Crippen LogP contribution in [0.4, 0.5) is 5.82 Å². The average Bonchev–Trinajstić information content (AvgIpc) is 3.23. The number of fused-ring (bicyclic) bond motifs is 1. The van der Waals surface area contributed by atoms with E-state index < -0.39 is 0 Å². The number of nitriles is 1. The maximum absolute atomic E-state index is 9.53. The third-order valence-electron chi connectivity index (χ3n) is 5.46. The Balaban J connectivity index is 1.61. The molecule has 2 aromatic heterocycles. The Hall–Kier alpha value is -2.42. The molecule has 2 aliphatic rings. The number of anilines is 1. The summed E-state index contributed by atoms with van der Waals surface area (Å²) >= 11 is 0. The van der Waals surface area contributed by atoms with Gasteiger partial charge in [0.25, 0.3) is 0 Å². The molecule has 1 aliphatic heterocycles. The van der Waals surface area contributed by atoms with Gasteiger partial charge in [0.15, 0.2) is 5.82 Å². The summed E-state index contributed by atoms with van der Waals surface area (Å²) in [5.41, 5.74) is 5.12. The fourth-order valence-corrected chi connectivity index (χ4v) is 3.92. The monoisotopic (exact) mass is 322 g/mol. The van der Waals surface area contributed by atoms with Gasteiger partial charge < -0.3 is 9.47 Å². The number of aryl methyl sites for hydroxylation is 2. The number of aromatic nitrogens is 4. The van der Waals surface area contributed by atoms with Crippen molar-refractivity contribution in [2.24, 2.45) is 0 Å². The molecule has 1 atom stereocenters. The lowest BCUT2D eigenvalue weighted by Crippen LogP contribution is -2.24. The summed E-state index contributed by atoms with van der Waals surface area (Å²) in [6.07, 6.45) is 7.84. The van der Waals surface area contributed by atoms with Crippen molar-refractivity contribution in [1.82, 2.24) is 19.7 Å². The molecular weight excluding hydrogens is 300 g/mol. The summed E-state index contributed by atoms with van der Waals surface area (Å²) in [7, 11) is 0. The molecule has 1 aliphatic carbocycles. The molecule has 24 heavy (non-hydrogen) atoms. The number of rotatable bonds is 2. The standard InChI is InChI=1S/C18H22N6/c1-12-13(2)21-22-18(15(12)9-19)23-8-7-14(10-23)24-11-20-16-5-3-4-6-17(16)24/h11,14H,3-8,10H2,1-2H3. The van der Waals surface area contributed by atoms with Crippen LogP contribution in [0.2, 0.25) is 0 Å². The van der Waals surface area contributed by atoms with E-state index >= 15 is 0 Å². The van der Waals surface area contributed by atoms with E-state index in [9.17, 15) is 5.26 Å². The van der Waals surface area contributed by atoms with Gasteiger partial charge >= 0.3 is 0 Å². The first-order valence-corrected chi connectivity index (χ1v) is 8.72.